The molecule has 0 aliphatic carbocycles. The van der Waals surface area contributed by atoms with Crippen LogP contribution in [0.5, 0.6) is 0 Å². The molecule has 7 nitrogen and oxygen atoms in total. The van der Waals surface area contributed by atoms with Crippen LogP contribution < -0.4 is 5.32 Å². The summed E-state index contributed by atoms with van der Waals surface area (Å²) in [6, 6.07) is 18.7. The van der Waals surface area contributed by atoms with Crippen LogP contribution in [0.4, 0.5) is 5.00 Å². The lowest BCUT2D eigenvalue weighted by Crippen LogP contribution is -2.11. The Kier molecular flexibility index (Phi) is 5.84. The summed E-state index contributed by atoms with van der Waals surface area (Å²) >= 11 is 2.58. The largest absolute Gasteiger partial charge is 0.477 e. The molecule has 30 heavy (non-hydrogen) atoms. The predicted molar refractivity (Wildman–Crippen MR) is 117 cm³/mol. The molecule has 0 saturated carbocycles. The number of aromatic amines is 1. The molecule has 3 N–H and O–H groups in total. The van der Waals surface area contributed by atoms with Crippen molar-refractivity contribution in [3.8, 4) is 0 Å². The summed E-state index contributed by atoms with van der Waals surface area (Å²) in [6.45, 7) is 1.08. The van der Waals surface area contributed by atoms with E-state index < -0.39 is 10.9 Å². The van der Waals surface area contributed by atoms with Crippen molar-refractivity contribution >= 4 is 45.0 Å². The summed E-state index contributed by atoms with van der Waals surface area (Å²) in [5, 5.41) is 24.7. The Balaban J connectivity index is 1.52. The summed E-state index contributed by atoms with van der Waals surface area (Å²) in [5.74, 6) is -0.997. The number of fused-ring (bicyclic) bond motifs is 1. The highest BCUT2D eigenvalue weighted by atomic mass is 32.2. The number of thiophene rings is 1. The third kappa shape index (κ3) is 4.38. The van der Waals surface area contributed by atoms with Gasteiger partial charge in [0.2, 0.25) is 0 Å². The lowest BCUT2D eigenvalue weighted by atomic mass is 10.1. The van der Waals surface area contributed by atoms with E-state index in [-0.39, 0.29) is 10.7 Å². The maximum Gasteiger partial charge on any atom is 0.353 e. The van der Waals surface area contributed by atoms with E-state index in [1.807, 2.05) is 48.5 Å². The number of benzene rings is 2. The van der Waals surface area contributed by atoms with Crippen LogP contribution in [0.2, 0.25) is 0 Å². The second-order valence-corrected chi connectivity index (χ2v) is 8.76. The Morgan fingerprint density at radius 3 is 2.63 bits per heavy atom. The number of nitrogens with one attached hydrogen (secondary N) is 2. The van der Waals surface area contributed by atoms with E-state index in [4.69, 9.17) is 0 Å². The van der Waals surface area contributed by atoms with Gasteiger partial charge in [0.15, 0.2) is 0 Å². The monoisotopic (exact) mass is 439 g/mol. The van der Waals surface area contributed by atoms with Crippen molar-refractivity contribution in [2.24, 2.45) is 0 Å². The number of nitrogens with zero attached hydrogens (tertiary/aromatic N) is 1. The van der Waals surface area contributed by atoms with Crippen LogP contribution >= 0.6 is 23.1 Å². The highest BCUT2D eigenvalue weighted by Crippen LogP contribution is 2.37. The van der Waals surface area contributed by atoms with E-state index in [9.17, 15) is 20.0 Å². The number of aromatic nitrogens is 1. The smallest absolute Gasteiger partial charge is 0.353 e. The number of rotatable bonds is 8. The summed E-state index contributed by atoms with van der Waals surface area (Å²) in [4.78, 5) is 27.7. The maximum absolute atomic E-state index is 11.7. The Morgan fingerprint density at radius 1 is 1.13 bits per heavy atom. The average molecular weight is 440 g/mol. The van der Waals surface area contributed by atoms with E-state index >= 15 is 0 Å². The van der Waals surface area contributed by atoms with E-state index in [0.717, 1.165) is 37.6 Å². The molecule has 2 aromatic carbocycles. The van der Waals surface area contributed by atoms with Crippen molar-refractivity contribution in [3.63, 3.8) is 0 Å². The van der Waals surface area contributed by atoms with Gasteiger partial charge in [0, 0.05) is 39.8 Å². The van der Waals surface area contributed by atoms with Crippen molar-refractivity contribution in [1.82, 2.24) is 10.3 Å². The normalized spacial score (nSPS) is 11.1. The standard InChI is InChI=1S/C21H17N3O4S2/c25-21(26)19-20(30-14-4-2-1-3-5-14)16-8-6-13(10-17(16)23-19)11-22-12-15-7-9-18(29-15)24(27)28/h1-10,22-23H,11-12H2,(H,25,26). The Hall–Kier alpha value is -3.14. The number of carboxylic acids is 1. The number of nitro groups is 1. The maximum atomic E-state index is 11.7. The molecule has 0 aliphatic rings. The zero-order chi connectivity index (χ0) is 21.1. The zero-order valence-corrected chi connectivity index (χ0v) is 17.3. The second kappa shape index (κ2) is 8.70. The summed E-state index contributed by atoms with van der Waals surface area (Å²) in [5.41, 5.74) is 1.93. The first kappa shape index (κ1) is 20.1. The van der Waals surface area contributed by atoms with Crippen LogP contribution in [0.1, 0.15) is 20.9 Å². The molecule has 4 aromatic rings. The molecule has 0 spiro atoms. The molecule has 0 amide bonds. The van der Waals surface area contributed by atoms with E-state index in [1.54, 1.807) is 6.07 Å². The number of aromatic carboxylic acids is 1. The molecular weight excluding hydrogens is 422 g/mol. The zero-order valence-electron chi connectivity index (χ0n) is 15.6. The minimum atomic E-state index is -0.997. The van der Waals surface area contributed by atoms with Crippen molar-refractivity contribution in [2.45, 2.75) is 22.9 Å². The van der Waals surface area contributed by atoms with Gasteiger partial charge in [-0.15, -0.1) is 0 Å². The molecule has 152 valence electrons. The van der Waals surface area contributed by atoms with Gasteiger partial charge in [-0.3, -0.25) is 10.1 Å². The fraction of sp³-hybridized carbons (Fsp3) is 0.0952. The van der Waals surface area contributed by atoms with Gasteiger partial charge in [0.25, 0.3) is 0 Å². The minimum Gasteiger partial charge on any atom is -0.477 e. The van der Waals surface area contributed by atoms with Gasteiger partial charge in [-0.2, -0.15) is 0 Å². The number of H-pyrrole nitrogens is 1. The predicted octanol–water partition coefficient (Wildman–Crippen LogP) is 5.28. The molecule has 0 aliphatic heterocycles. The third-order valence-corrected chi connectivity index (χ3v) is 6.62. The minimum absolute atomic E-state index is 0.129. The first-order valence-corrected chi connectivity index (χ1v) is 10.7. The van der Waals surface area contributed by atoms with E-state index in [1.165, 1.54) is 17.8 Å². The Bertz CT molecular complexity index is 1220. The molecule has 0 atom stereocenters. The third-order valence-electron chi connectivity index (χ3n) is 4.45. The van der Waals surface area contributed by atoms with Crippen molar-refractivity contribution in [1.29, 1.82) is 0 Å². The SMILES string of the molecule is O=C(O)c1[nH]c2cc(CNCc3ccc([N+](=O)[O-])s3)ccc2c1Sc1ccccc1. The molecule has 0 bridgehead atoms. The Labute approximate surface area is 179 Å². The van der Waals surface area contributed by atoms with Crippen LogP contribution in [0.3, 0.4) is 0 Å². The molecule has 4 rings (SSSR count). The Morgan fingerprint density at radius 2 is 1.93 bits per heavy atom. The van der Waals surface area contributed by atoms with Crippen molar-refractivity contribution < 1.29 is 14.8 Å². The molecular formula is C21H17N3O4S2. The molecule has 0 radical (unpaired) electrons. The topological polar surface area (TPSA) is 108 Å². The van der Waals surface area contributed by atoms with Crippen LogP contribution in [-0.2, 0) is 13.1 Å². The van der Waals surface area contributed by atoms with Crippen LogP contribution in [0.25, 0.3) is 10.9 Å². The van der Waals surface area contributed by atoms with Crippen molar-refractivity contribution in [2.75, 3.05) is 0 Å². The van der Waals surface area contributed by atoms with E-state index in [0.29, 0.717) is 18.0 Å². The first-order chi connectivity index (χ1) is 14.5. The quantitative estimate of drug-likeness (QED) is 0.255. The van der Waals surface area contributed by atoms with Gasteiger partial charge < -0.3 is 15.4 Å². The molecule has 0 unspecified atom stereocenters. The van der Waals surface area contributed by atoms with Crippen molar-refractivity contribution in [3.05, 3.63) is 86.9 Å². The number of carbonyl (C=O) groups is 1. The molecule has 9 heteroatoms. The van der Waals surface area contributed by atoms with Crippen LogP contribution in [-0.4, -0.2) is 21.0 Å². The van der Waals surface area contributed by atoms with Crippen LogP contribution in [0, 0.1) is 10.1 Å². The first-order valence-electron chi connectivity index (χ1n) is 9.06. The highest BCUT2D eigenvalue weighted by molar-refractivity contribution is 7.99. The highest BCUT2D eigenvalue weighted by Gasteiger charge is 2.18. The van der Waals surface area contributed by atoms with Gasteiger partial charge in [-0.05, 0) is 29.8 Å². The van der Waals surface area contributed by atoms with E-state index in [2.05, 4.69) is 10.3 Å². The van der Waals surface area contributed by atoms with Crippen LogP contribution in [0.15, 0.2) is 70.5 Å². The van der Waals surface area contributed by atoms with Gasteiger partial charge in [-0.1, -0.05) is 53.4 Å². The number of hydrogen-bond donors (Lipinski definition) is 3. The fourth-order valence-electron chi connectivity index (χ4n) is 3.08. The lowest BCUT2D eigenvalue weighted by molar-refractivity contribution is -0.380. The van der Waals surface area contributed by atoms with Gasteiger partial charge in [0.05, 0.1) is 9.82 Å². The fourth-order valence-corrected chi connectivity index (χ4v) is 4.93. The molecule has 0 saturated heterocycles. The number of carboxylic acid groups (broad SMARTS) is 1. The van der Waals surface area contributed by atoms with Gasteiger partial charge in [0.1, 0.15) is 5.69 Å². The number of hydrogen-bond acceptors (Lipinski definition) is 6. The lowest BCUT2D eigenvalue weighted by Gasteiger charge is -2.05. The van der Waals surface area contributed by atoms with Gasteiger partial charge >= 0.3 is 11.0 Å². The molecule has 2 heterocycles. The summed E-state index contributed by atoms with van der Waals surface area (Å²) in [7, 11) is 0. The average Bonchev–Trinajstić information content (AvgIpc) is 3.34. The second-order valence-electron chi connectivity index (χ2n) is 6.53. The van der Waals surface area contributed by atoms with Gasteiger partial charge in [-0.25, -0.2) is 4.79 Å². The summed E-state index contributed by atoms with van der Waals surface area (Å²) < 4.78 is 0. The molecule has 0 fully saturated rings. The molecule has 2 aromatic heterocycles. The summed E-state index contributed by atoms with van der Waals surface area (Å²) in [6.07, 6.45) is 0.